The van der Waals surface area contributed by atoms with Crippen molar-refractivity contribution in [1.82, 2.24) is 9.88 Å². The molecule has 1 aliphatic rings. The molecule has 1 aromatic rings. The molecule has 1 aliphatic heterocycles. The minimum Gasteiger partial charge on any atom is -0.461 e. The van der Waals surface area contributed by atoms with Gasteiger partial charge >= 0.3 is 5.97 Å². The monoisotopic (exact) mass is 298 g/mol. The Bertz CT molecular complexity index is 482. The highest BCUT2D eigenvalue weighted by Crippen LogP contribution is 2.16. The molecule has 1 fully saturated rings. The first-order valence-electron chi connectivity index (χ1n) is 6.61. The molecule has 2 heterocycles. The van der Waals surface area contributed by atoms with Crippen molar-refractivity contribution in [3.63, 3.8) is 0 Å². The fraction of sp³-hybridized carbons (Fsp3) is 0.615. The van der Waals surface area contributed by atoms with Gasteiger partial charge in [0.25, 0.3) is 5.91 Å². The number of esters is 1. The molecule has 0 radical (unpaired) electrons. The summed E-state index contributed by atoms with van der Waals surface area (Å²) in [7, 11) is 1.72. The predicted octanol–water partition coefficient (Wildman–Crippen LogP) is 1.57. The third-order valence-electron chi connectivity index (χ3n) is 3.02. The van der Waals surface area contributed by atoms with E-state index in [1.165, 1.54) is 0 Å². The number of likely N-dealkylation sites (N-methyl/N-ethyl adjacent to an activating group) is 1. The number of carbonyl (C=O) groups is 2. The minimum atomic E-state index is -0.488. The Morgan fingerprint density at radius 2 is 2.40 bits per heavy atom. The Morgan fingerprint density at radius 1 is 1.60 bits per heavy atom. The number of hydrogen-bond acceptors (Lipinski definition) is 6. The van der Waals surface area contributed by atoms with Gasteiger partial charge in [0.05, 0.1) is 12.7 Å². The molecule has 1 amide bonds. The Hall–Kier alpha value is -1.47. The van der Waals surface area contributed by atoms with Crippen LogP contribution in [0.1, 0.15) is 40.1 Å². The third-order valence-corrected chi connectivity index (χ3v) is 3.84. The van der Waals surface area contributed by atoms with Gasteiger partial charge in [0.1, 0.15) is 5.69 Å². The van der Waals surface area contributed by atoms with Crippen molar-refractivity contribution in [3.8, 4) is 0 Å². The maximum absolute atomic E-state index is 12.2. The summed E-state index contributed by atoms with van der Waals surface area (Å²) in [5, 5.41) is 1.79. The van der Waals surface area contributed by atoms with E-state index in [1.54, 1.807) is 24.3 Å². The highest BCUT2D eigenvalue weighted by Gasteiger charge is 2.23. The number of thiazole rings is 1. The van der Waals surface area contributed by atoms with Crippen molar-refractivity contribution in [3.05, 3.63) is 16.1 Å². The van der Waals surface area contributed by atoms with E-state index in [-0.39, 0.29) is 22.7 Å². The fourth-order valence-corrected chi connectivity index (χ4v) is 2.71. The van der Waals surface area contributed by atoms with E-state index in [4.69, 9.17) is 9.47 Å². The molecule has 6 nitrogen and oxygen atoms in total. The van der Waals surface area contributed by atoms with E-state index >= 15 is 0 Å². The molecule has 20 heavy (non-hydrogen) atoms. The Labute approximate surface area is 121 Å². The van der Waals surface area contributed by atoms with Crippen molar-refractivity contribution in [1.29, 1.82) is 0 Å². The maximum Gasteiger partial charge on any atom is 0.367 e. The van der Waals surface area contributed by atoms with Crippen molar-refractivity contribution >= 4 is 23.2 Å². The van der Waals surface area contributed by atoms with Crippen LogP contribution in [-0.4, -0.2) is 54.7 Å². The second-order valence-corrected chi connectivity index (χ2v) is 5.44. The first-order valence-corrected chi connectivity index (χ1v) is 7.49. The molecule has 0 aliphatic carbocycles. The van der Waals surface area contributed by atoms with E-state index in [2.05, 4.69) is 4.98 Å². The molecular formula is C13H18N2O4S. The van der Waals surface area contributed by atoms with E-state index < -0.39 is 5.97 Å². The molecular weight excluding hydrogens is 280 g/mol. The summed E-state index contributed by atoms with van der Waals surface area (Å²) in [6.07, 6.45) is 2.12. The molecule has 1 aromatic heterocycles. The third kappa shape index (κ3) is 3.55. The van der Waals surface area contributed by atoms with Crippen LogP contribution in [0.4, 0.5) is 0 Å². The van der Waals surface area contributed by atoms with Crippen molar-refractivity contribution < 1.29 is 19.1 Å². The lowest BCUT2D eigenvalue weighted by Gasteiger charge is -2.19. The summed E-state index contributed by atoms with van der Waals surface area (Å²) in [5.74, 6) is -0.689. The van der Waals surface area contributed by atoms with Crippen molar-refractivity contribution in [2.24, 2.45) is 0 Å². The van der Waals surface area contributed by atoms with Gasteiger partial charge in [-0.05, 0) is 19.8 Å². The summed E-state index contributed by atoms with van der Waals surface area (Å²) in [5.41, 5.74) is 0.276. The lowest BCUT2D eigenvalue weighted by molar-refractivity contribution is 0.0525. The van der Waals surface area contributed by atoms with Crippen LogP contribution < -0.4 is 0 Å². The van der Waals surface area contributed by atoms with Crippen LogP contribution in [0.5, 0.6) is 0 Å². The van der Waals surface area contributed by atoms with Gasteiger partial charge in [-0.1, -0.05) is 0 Å². The van der Waals surface area contributed by atoms with Gasteiger partial charge < -0.3 is 14.4 Å². The van der Waals surface area contributed by atoms with E-state index in [0.29, 0.717) is 13.2 Å². The first-order chi connectivity index (χ1) is 9.61. The number of nitrogens with zero attached hydrogens (tertiary/aromatic N) is 2. The number of ether oxygens (including phenoxy) is 2. The van der Waals surface area contributed by atoms with Crippen molar-refractivity contribution in [2.45, 2.75) is 25.9 Å². The van der Waals surface area contributed by atoms with Gasteiger partial charge in [0, 0.05) is 25.6 Å². The SMILES string of the molecule is CCOC(=O)c1nc(C(=O)N(C)CC2CCCO2)cs1. The normalized spacial score (nSPS) is 18.0. The highest BCUT2D eigenvalue weighted by molar-refractivity contribution is 7.11. The first kappa shape index (κ1) is 14.9. The topological polar surface area (TPSA) is 68.7 Å². The van der Waals surface area contributed by atoms with Crippen molar-refractivity contribution in [2.75, 3.05) is 26.8 Å². The van der Waals surface area contributed by atoms with Crippen LogP contribution in [-0.2, 0) is 9.47 Å². The van der Waals surface area contributed by atoms with Crippen LogP contribution in [0, 0.1) is 0 Å². The van der Waals surface area contributed by atoms with Gasteiger partial charge in [-0.25, -0.2) is 9.78 Å². The molecule has 0 N–H and O–H groups in total. The summed E-state index contributed by atoms with van der Waals surface area (Å²) >= 11 is 1.12. The molecule has 0 aromatic carbocycles. The second kappa shape index (κ2) is 6.81. The Kier molecular flexibility index (Phi) is 5.08. The zero-order valence-electron chi connectivity index (χ0n) is 11.6. The zero-order valence-corrected chi connectivity index (χ0v) is 12.4. The standard InChI is InChI=1S/C13H18N2O4S/c1-3-18-13(17)11-14-10(8-20-11)12(16)15(2)7-9-5-4-6-19-9/h8-9H,3-7H2,1-2H3. The van der Waals surface area contributed by atoms with E-state index in [1.807, 2.05) is 0 Å². The van der Waals surface area contributed by atoms with Crippen LogP contribution in [0.3, 0.4) is 0 Å². The maximum atomic E-state index is 12.2. The summed E-state index contributed by atoms with van der Waals surface area (Å²) in [6.45, 7) is 3.33. The quantitative estimate of drug-likeness (QED) is 0.772. The van der Waals surface area contributed by atoms with Crippen LogP contribution in [0.15, 0.2) is 5.38 Å². The van der Waals surface area contributed by atoms with Gasteiger partial charge in [0.2, 0.25) is 5.01 Å². The largest absolute Gasteiger partial charge is 0.461 e. The molecule has 0 saturated carbocycles. The smallest absolute Gasteiger partial charge is 0.367 e. The number of hydrogen-bond donors (Lipinski definition) is 0. The summed E-state index contributed by atoms with van der Waals surface area (Å²) in [4.78, 5) is 29.3. The van der Waals surface area contributed by atoms with E-state index in [9.17, 15) is 9.59 Å². The lowest BCUT2D eigenvalue weighted by Crippen LogP contribution is -2.34. The van der Waals surface area contributed by atoms with E-state index in [0.717, 1.165) is 30.8 Å². The van der Waals surface area contributed by atoms with Crippen LogP contribution in [0.2, 0.25) is 0 Å². The van der Waals surface area contributed by atoms with Gasteiger partial charge in [-0.3, -0.25) is 4.79 Å². The Balaban J connectivity index is 1.96. The predicted molar refractivity (Wildman–Crippen MR) is 74.0 cm³/mol. The average molecular weight is 298 g/mol. The van der Waals surface area contributed by atoms with Gasteiger partial charge in [0.15, 0.2) is 0 Å². The summed E-state index contributed by atoms with van der Waals surface area (Å²) < 4.78 is 10.4. The van der Waals surface area contributed by atoms with Gasteiger partial charge in [-0.2, -0.15) is 0 Å². The molecule has 1 unspecified atom stereocenters. The molecule has 0 bridgehead atoms. The number of carbonyl (C=O) groups excluding carboxylic acids is 2. The average Bonchev–Trinajstić information content (AvgIpc) is 3.09. The Morgan fingerprint density at radius 3 is 3.05 bits per heavy atom. The lowest BCUT2D eigenvalue weighted by atomic mass is 10.2. The molecule has 1 atom stereocenters. The number of aromatic nitrogens is 1. The minimum absolute atomic E-state index is 0.104. The number of rotatable bonds is 5. The molecule has 1 saturated heterocycles. The zero-order chi connectivity index (χ0) is 14.5. The molecule has 0 spiro atoms. The van der Waals surface area contributed by atoms with Crippen LogP contribution >= 0.6 is 11.3 Å². The molecule has 2 rings (SSSR count). The second-order valence-electron chi connectivity index (χ2n) is 4.58. The summed E-state index contributed by atoms with van der Waals surface area (Å²) in [6, 6.07) is 0. The molecule has 110 valence electrons. The van der Waals surface area contributed by atoms with Gasteiger partial charge in [-0.15, -0.1) is 11.3 Å². The molecule has 7 heteroatoms. The van der Waals surface area contributed by atoms with Crippen LogP contribution in [0.25, 0.3) is 0 Å². The number of amides is 1. The highest BCUT2D eigenvalue weighted by atomic mass is 32.1. The fourth-order valence-electron chi connectivity index (χ4n) is 2.03.